The Kier molecular flexibility index (Phi) is 5.41. The van der Waals surface area contributed by atoms with Gasteiger partial charge in [0.25, 0.3) is 5.69 Å². The van der Waals surface area contributed by atoms with E-state index in [2.05, 4.69) is 0 Å². The van der Waals surface area contributed by atoms with Crippen LogP contribution >= 0.6 is 11.6 Å². The van der Waals surface area contributed by atoms with E-state index in [1.807, 2.05) is 6.07 Å². The largest absolute Gasteiger partial charge is 0.333 e. The van der Waals surface area contributed by atoms with Gasteiger partial charge < -0.3 is 9.80 Å². The summed E-state index contributed by atoms with van der Waals surface area (Å²) in [7, 11) is 1.60. The first-order valence-electron chi connectivity index (χ1n) is 8.43. The highest BCUT2D eigenvalue weighted by Crippen LogP contribution is 2.30. The lowest BCUT2D eigenvalue weighted by Gasteiger charge is -2.24. The molecule has 1 aliphatic heterocycles. The number of hydrogen-bond acceptors (Lipinski definition) is 4. The van der Waals surface area contributed by atoms with Crippen molar-refractivity contribution >= 4 is 34.8 Å². The molecule has 140 valence electrons. The topological polar surface area (TPSA) is 83.8 Å². The second-order valence-electron chi connectivity index (χ2n) is 6.35. The normalized spacial score (nSPS) is 16.4. The van der Waals surface area contributed by atoms with E-state index in [0.717, 1.165) is 0 Å². The first-order valence-corrected chi connectivity index (χ1v) is 8.81. The number of nitro groups is 1. The Morgan fingerprint density at radius 2 is 1.93 bits per heavy atom. The van der Waals surface area contributed by atoms with E-state index in [-0.39, 0.29) is 23.9 Å². The highest BCUT2D eigenvalue weighted by atomic mass is 35.5. The first kappa shape index (κ1) is 18.8. The fraction of sp³-hybridized carbons (Fsp3) is 0.263. The predicted molar refractivity (Wildman–Crippen MR) is 102 cm³/mol. The van der Waals surface area contributed by atoms with Crippen molar-refractivity contribution < 1.29 is 14.5 Å². The Bertz CT molecular complexity index is 885. The maximum absolute atomic E-state index is 12.8. The molecule has 1 fully saturated rings. The number of nitro benzene ring substituents is 1. The number of amides is 2. The van der Waals surface area contributed by atoms with Gasteiger partial charge in [0.2, 0.25) is 11.8 Å². The molecule has 0 aliphatic carbocycles. The summed E-state index contributed by atoms with van der Waals surface area (Å²) >= 11 is 6.18. The van der Waals surface area contributed by atoms with Gasteiger partial charge in [-0.05, 0) is 24.1 Å². The van der Waals surface area contributed by atoms with Gasteiger partial charge in [-0.1, -0.05) is 35.9 Å². The number of carbonyl (C=O) groups is 2. The van der Waals surface area contributed by atoms with E-state index >= 15 is 0 Å². The van der Waals surface area contributed by atoms with Gasteiger partial charge in [0.05, 0.1) is 22.1 Å². The summed E-state index contributed by atoms with van der Waals surface area (Å²) in [6.45, 7) is 0.488. The van der Waals surface area contributed by atoms with Crippen LogP contribution in [-0.4, -0.2) is 41.3 Å². The molecule has 7 nitrogen and oxygen atoms in total. The van der Waals surface area contributed by atoms with Gasteiger partial charge in [0, 0.05) is 25.7 Å². The average molecular weight is 388 g/mol. The number of nitrogens with zero attached hydrogens (tertiary/aromatic N) is 3. The molecule has 2 aromatic rings. The van der Waals surface area contributed by atoms with Crippen molar-refractivity contribution in [2.45, 2.75) is 18.9 Å². The van der Waals surface area contributed by atoms with Crippen molar-refractivity contribution in [3.05, 3.63) is 69.2 Å². The molecule has 0 bridgehead atoms. The van der Waals surface area contributed by atoms with Crippen molar-refractivity contribution in [1.82, 2.24) is 4.90 Å². The second kappa shape index (κ2) is 7.75. The number of hydrogen-bond donors (Lipinski definition) is 0. The molecule has 0 saturated carbocycles. The summed E-state index contributed by atoms with van der Waals surface area (Å²) in [6.07, 6.45) is 0.594. The zero-order valence-electron chi connectivity index (χ0n) is 14.7. The molecular weight excluding hydrogens is 370 g/mol. The minimum absolute atomic E-state index is 0.0269. The molecule has 1 aliphatic rings. The number of likely N-dealkylation sites (N-methyl/N-ethyl adjacent to an activating group) is 1. The van der Waals surface area contributed by atoms with Crippen molar-refractivity contribution in [2.75, 3.05) is 18.5 Å². The lowest BCUT2D eigenvalue weighted by atomic mass is 10.1. The molecule has 0 N–H and O–H groups in total. The summed E-state index contributed by atoms with van der Waals surface area (Å²) in [6, 6.07) is 12.4. The highest BCUT2D eigenvalue weighted by Gasteiger charge is 2.37. The van der Waals surface area contributed by atoms with E-state index in [9.17, 15) is 19.7 Å². The third kappa shape index (κ3) is 3.93. The van der Waals surface area contributed by atoms with Crippen molar-refractivity contribution in [2.24, 2.45) is 0 Å². The number of anilines is 1. The van der Waals surface area contributed by atoms with Crippen LogP contribution in [0, 0.1) is 10.1 Å². The molecular formula is C19H18ClN3O4. The predicted octanol–water partition coefficient (Wildman–Crippen LogP) is 3.05. The third-order valence-corrected chi connectivity index (χ3v) is 5.00. The van der Waals surface area contributed by atoms with E-state index in [4.69, 9.17) is 11.6 Å². The van der Waals surface area contributed by atoms with Crippen LogP contribution in [0.3, 0.4) is 0 Å². The molecule has 1 atom stereocenters. The van der Waals surface area contributed by atoms with E-state index in [1.165, 1.54) is 17.0 Å². The molecule has 0 spiro atoms. The summed E-state index contributed by atoms with van der Waals surface area (Å²) in [4.78, 5) is 38.6. The summed E-state index contributed by atoms with van der Waals surface area (Å²) in [5, 5.41) is 11.2. The fourth-order valence-corrected chi connectivity index (χ4v) is 3.38. The maximum Gasteiger partial charge on any atom is 0.269 e. The van der Waals surface area contributed by atoms with Crippen LogP contribution in [0.4, 0.5) is 11.4 Å². The Morgan fingerprint density at radius 1 is 1.26 bits per heavy atom. The summed E-state index contributed by atoms with van der Waals surface area (Å²) in [5.41, 5.74) is 1.27. The highest BCUT2D eigenvalue weighted by molar-refractivity contribution is 6.34. The molecule has 0 aromatic heterocycles. The van der Waals surface area contributed by atoms with Crippen LogP contribution in [0.5, 0.6) is 0 Å². The Morgan fingerprint density at radius 3 is 2.56 bits per heavy atom. The van der Waals surface area contributed by atoms with Gasteiger partial charge in [0.15, 0.2) is 0 Å². The van der Waals surface area contributed by atoms with Gasteiger partial charge in [-0.25, -0.2) is 0 Å². The van der Waals surface area contributed by atoms with Crippen LogP contribution in [0.15, 0.2) is 48.5 Å². The molecule has 8 heteroatoms. The molecule has 2 aromatic carbocycles. The zero-order valence-corrected chi connectivity index (χ0v) is 15.4. The number of carbonyl (C=O) groups excluding carboxylic acids is 2. The van der Waals surface area contributed by atoms with Crippen molar-refractivity contribution in [3.63, 3.8) is 0 Å². The van der Waals surface area contributed by atoms with Crippen LogP contribution < -0.4 is 4.90 Å². The standard InChI is InChI=1S/C19H18ClN3O4/c1-21(18(24)12-13-6-8-14(9-7-13)23(26)27)17-10-11-22(19(17)25)16-5-3-2-4-15(16)20/h2-9,17H,10-12H2,1H3. The molecule has 1 unspecified atom stereocenters. The SMILES string of the molecule is CN(C(=O)Cc1ccc([N+](=O)[O-])cc1)C1CCN(c2ccccc2Cl)C1=O. The van der Waals surface area contributed by atoms with Gasteiger partial charge >= 0.3 is 0 Å². The van der Waals surface area contributed by atoms with Crippen molar-refractivity contribution in [3.8, 4) is 0 Å². The Balaban J connectivity index is 1.67. The van der Waals surface area contributed by atoms with E-state index in [0.29, 0.717) is 29.2 Å². The number of benzene rings is 2. The first-order chi connectivity index (χ1) is 12.9. The molecule has 0 radical (unpaired) electrons. The maximum atomic E-state index is 12.8. The van der Waals surface area contributed by atoms with Gasteiger partial charge in [0.1, 0.15) is 6.04 Å². The molecule has 27 heavy (non-hydrogen) atoms. The molecule has 3 rings (SSSR count). The van der Waals surface area contributed by atoms with Gasteiger partial charge in [-0.3, -0.25) is 19.7 Å². The smallest absolute Gasteiger partial charge is 0.269 e. The van der Waals surface area contributed by atoms with E-state index < -0.39 is 11.0 Å². The molecule has 1 saturated heterocycles. The number of halogens is 1. The average Bonchev–Trinajstić information content (AvgIpc) is 3.03. The lowest BCUT2D eigenvalue weighted by molar-refractivity contribution is -0.384. The minimum Gasteiger partial charge on any atom is -0.333 e. The Labute approximate surface area is 161 Å². The van der Waals surface area contributed by atoms with Crippen LogP contribution in [0.25, 0.3) is 0 Å². The summed E-state index contributed by atoms with van der Waals surface area (Å²) in [5.74, 6) is -0.383. The Hall–Kier alpha value is -2.93. The molecule has 1 heterocycles. The number of non-ortho nitro benzene ring substituents is 1. The quantitative estimate of drug-likeness (QED) is 0.583. The van der Waals surface area contributed by atoms with Crippen LogP contribution in [0.1, 0.15) is 12.0 Å². The van der Waals surface area contributed by atoms with Gasteiger partial charge in [-0.2, -0.15) is 0 Å². The zero-order chi connectivity index (χ0) is 19.6. The summed E-state index contributed by atoms with van der Waals surface area (Å²) < 4.78 is 0. The van der Waals surface area contributed by atoms with Crippen LogP contribution in [-0.2, 0) is 16.0 Å². The third-order valence-electron chi connectivity index (χ3n) is 4.68. The molecule has 2 amide bonds. The van der Waals surface area contributed by atoms with Crippen molar-refractivity contribution in [1.29, 1.82) is 0 Å². The number of para-hydroxylation sites is 1. The number of rotatable bonds is 5. The fourth-order valence-electron chi connectivity index (χ4n) is 3.14. The van der Waals surface area contributed by atoms with Crippen LogP contribution in [0.2, 0.25) is 5.02 Å². The minimum atomic E-state index is -0.549. The van der Waals surface area contributed by atoms with E-state index in [1.54, 1.807) is 42.3 Å². The lowest BCUT2D eigenvalue weighted by Crippen LogP contribution is -2.43. The van der Waals surface area contributed by atoms with Gasteiger partial charge in [-0.15, -0.1) is 0 Å². The monoisotopic (exact) mass is 387 g/mol. The second-order valence-corrected chi connectivity index (χ2v) is 6.76.